The summed E-state index contributed by atoms with van der Waals surface area (Å²) < 4.78 is 15.7. The molecule has 0 radical (unpaired) electrons. The van der Waals surface area contributed by atoms with Gasteiger partial charge in [0.05, 0.1) is 26.4 Å². The van der Waals surface area contributed by atoms with Gasteiger partial charge in [-0.05, 0) is 35.4 Å². The van der Waals surface area contributed by atoms with Crippen molar-refractivity contribution < 1.29 is 14.2 Å². The molecule has 0 aliphatic rings. The topological polar surface area (TPSA) is 39.7 Å². The van der Waals surface area contributed by atoms with E-state index in [1.54, 1.807) is 21.3 Å². The lowest BCUT2D eigenvalue weighted by Gasteiger charge is -2.12. The molecule has 0 aromatic heterocycles. The van der Waals surface area contributed by atoms with Gasteiger partial charge in [0, 0.05) is 13.1 Å². The molecular formula is C17H20ClNO3. The SMILES string of the molecule is COc1cccc(CNCc2cc(Cl)c(OC)c(OC)c2)c1. The molecule has 4 nitrogen and oxygen atoms in total. The standard InChI is InChI=1S/C17H20ClNO3/c1-20-14-6-4-5-12(7-14)10-19-11-13-8-15(18)17(22-3)16(9-13)21-2/h4-9,19H,10-11H2,1-3H3. The Bertz CT molecular complexity index is 631. The van der Waals surface area contributed by atoms with Crippen molar-refractivity contribution in [2.45, 2.75) is 13.1 Å². The van der Waals surface area contributed by atoms with Crippen molar-refractivity contribution >= 4 is 11.6 Å². The third-order valence-electron chi connectivity index (χ3n) is 3.29. The van der Waals surface area contributed by atoms with Crippen LogP contribution in [0.25, 0.3) is 0 Å². The summed E-state index contributed by atoms with van der Waals surface area (Å²) in [7, 11) is 4.84. The highest BCUT2D eigenvalue weighted by molar-refractivity contribution is 6.32. The van der Waals surface area contributed by atoms with E-state index in [1.807, 2.05) is 30.3 Å². The Morgan fingerprint density at radius 2 is 1.68 bits per heavy atom. The predicted molar refractivity (Wildman–Crippen MR) is 88.1 cm³/mol. The van der Waals surface area contributed by atoms with Gasteiger partial charge in [-0.3, -0.25) is 0 Å². The van der Waals surface area contributed by atoms with Crippen LogP contribution in [-0.2, 0) is 13.1 Å². The minimum Gasteiger partial charge on any atom is -0.497 e. The highest BCUT2D eigenvalue weighted by atomic mass is 35.5. The molecule has 118 valence electrons. The zero-order valence-electron chi connectivity index (χ0n) is 13.0. The van der Waals surface area contributed by atoms with Crippen LogP contribution in [0.15, 0.2) is 36.4 Å². The zero-order chi connectivity index (χ0) is 15.9. The first-order chi connectivity index (χ1) is 10.7. The van der Waals surface area contributed by atoms with Crippen molar-refractivity contribution in [2.24, 2.45) is 0 Å². The molecule has 22 heavy (non-hydrogen) atoms. The Labute approximate surface area is 136 Å². The molecular weight excluding hydrogens is 302 g/mol. The molecule has 0 bridgehead atoms. The number of hydrogen-bond donors (Lipinski definition) is 1. The monoisotopic (exact) mass is 321 g/mol. The summed E-state index contributed by atoms with van der Waals surface area (Å²) in [5.74, 6) is 2.04. The number of halogens is 1. The van der Waals surface area contributed by atoms with Gasteiger partial charge in [-0.1, -0.05) is 23.7 Å². The Kier molecular flexibility index (Phi) is 5.92. The molecule has 0 aliphatic carbocycles. The van der Waals surface area contributed by atoms with Crippen molar-refractivity contribution in [3.63, 3.8) is 0 Å². The van der Waals surface area contributed by atoms with E-state index in [0.717, 1.165) is 23.4 Å². The molecule has 0 saturated heterocycles. The minimum absolute atomic E-state index is 0.542. The van der Waals surface area contributed by atoms with E-state index in [1.165, 1.54) is 0 Å². The van der Waals surface area contributed by atoms with Crippen LogP contribution >= 0.6 is 11.6 Å². The number of methoxy groups -OCH3 is 3. The van der Waals surface area contributed by atoms with Gasteiger partial charge >= 0.3 is 0 Å². The van der Waals surface area contributed by atoms with Crippen LogP contribution in [0, 0.1) is 0 Å². The van der Waals surface area contributed by atoms with E-state index in [-0.39, 0.29) is 0 Å². The van der Waals surface area contributed by atoms with E-state index in [9.17, 15) is 0 Å². The Morgan fingerprint density at radius 1 is 0.909 bits per heavy atom. The lowest BCUT2D eigenvalue weighted by Crippen LogP contribution is -2.13. The average Bonchev–Trinajstić information content (AvgIpc) is 2.54. The van der Waals surface area contributed by atoms with Crippen LogP contribution in [-0.4, -0.2) is 21.3 Å². The van der Waals surface area contributed by atoms with Gasteiger partial charge in [-0.2, -0.15) is 0 Å². The number of rotatable bonds is 7. The van der Waals surface area contributed by atoms with Crippen LogP contribution in [0.1, 0.15) is 11.1 Å². The number of nitrogens with one attached hydrogen (secondary N) is 1. The Balaban J connectivity index is 2.01. The molecule has 0 spiro atoms. The van der Waals surface area contributed by atoms with Gasteiger partial charge in [0.25, 0.3) is 0 Å². The van der Waals surface area contributed by atoms with Crippen LogP contribution < -0.4 is 19.5 Å². The third kappa shape index (κ3) is 4.06. The first-order valence-corrected chi connectivity index (χ1v) is 7.29. The van der Waals surface area contributed by atoms with E-state index in [0.29, 0.717) is 23.1 Å². The molecule has 2 aromatic carbocycles. The van der Waals surface area contributed by atoms with Crippen LogP contribution in [0.2, 0.25) is 5.02 Å². The second-order valence-corrected chi connectivity index (χ2v) is 5.18. The maximum Gasteiger partial charge on any atom is 0.179 e. The minimum atomic E-state index is 0.542. The molecule has 0 unspecified atom stereocenters. The lowest BCUT2D eigenvalue weighted by atomic mass is 10.1. The second-order valence-electron chi connectivity index (χ2n) is 4.77. The molecule has 0 saturated carbocycles. The highest BCUT2D eigenvalue weighted by Crippen LogP contribution is 2.35. The summed E-state index contributed by atoms with van der Waals surface area (Å²) in [4.78, 5) is 0. The van der Waals surface area contributed by atoms with Crippen molar-refractivity contribution in [3.8, 4) is 17.2 Å². The predicted octanol–water partition coefficient (Wildman–Crippen LogP) is 3.66. The van der Waals surface area contributed by atoms with E-state index in [2.05, 4.69) is 11.4 Å². The highest BCUT2D eigenvalue weighted by Gasteiger charge is 2.10. The fourth-order valence-electron chi connectivity index (χ4n) is 2.21. The molecule has 0 heterocycles. The van der Waals surface area contributed by atoms with Gasteiger partial charge < -0.3 is 19.5 Å². The summed E-state index contributed by atoms with van der Waals surface area (Å²) in [5, 5.41) is 3.92. The zero-order valence-corrected chi connectivity index (χ0v) is 13.7. The number of hydrogen-bond acceptors (Lipinski definition) is 4. The van der Waals surface area contributed by atoms with Gasteiger partial charge in [-0.25, -0.2) is 0 Å². The Hall–Kier alpha value is -1.91. The number of benzene rings is 2. The van der Waals surface area contributed by atoms with Crippen LogP contribution in [0.3, 0.4) is 0 Å². The maximum absolute atomic E-state index is 6.20. The number of ether oxygens (including phenoxy) is 3. The summed E-state index contributed by atoms with van der Waals surface area (Å²) in [5.41, 5.74) is 2.19. The van der Waals surface area contributed by atoms with Crippen molar-refractivity contribution in [2.75, 3.05) is 21.3 Å². The quantitative estimate of drug-likeness (QED) is 0.845. The van der Waals surface area contributed by atoms with E-state index in [4.69, 9.17) is 25.8 Å². The molecule has 1 N–H and O–H groups in total. The fourth-order valence-corrected chi connectivity index (χ4v) is 2.52. The molecule has 0 fully saturated rings. The van der Waals surface area contributed by atoms with Crippen molar-refractivity contribution in [1.82, 2.24) is 5.32 Å². The normalized spacial score (nSPS) is 10.4. The van der Waals surface area contributed by atoms with Gasteiger partial charge in [0.2, 0.25) is 0 Å². The first-order valence-electron chi connectivity index (χ1n) is 6.92. The molecule has 5 heteroatoms. The average molecular weight is 322 g/mol. The first kappa shape index (κ1) is 16.5. The lowest BCUT2D eigenvalue weighted by molar-refractivity contribution is 0.354. The molecule has 0 atom stereocenters. The van der Waals surface area contributed by atoms with Gasteiger partial charge in [0.15, 0.2) is 11.5 Å². The van der Waals surface area contributed by atoms with Crippen molar-refractivity contribution in [3.05, 3.63) is 52.5 Å². The van der Waals surface area contributed by atoms with E-state index < -0.39 is 0 Å². The third-order valence-corrected chi connectivity index (χ3v) is 3.57. The van der Waals surface area contributed by atoms with Crippen LogP contribution in [0.4, 0.5) is 0 Å². The molecule has 2 rings (SSSR count). The van der Waals surface area contributed by atoms with Crippen molar-refractivity contribution in [1.29, 1.82) is 0 Å². The van der Waals surface area contributed by atoms with E-state index >= 15 is 0 Å². The smallest absolute Gasteiger partial charge is 0.179 e. The van der Waals surface area contributed by atoms with Gasteiger partial charge in [0.1, 0.15) is 5.75 Å². The van der Waals surface area contributed by atoms with Gasteiger partial charge in [-0.15, -0.1) is 0 Å². The summed E-state index contributed by atoms with van der Waals surface area (Å²) in [6.07, 6.45) is 0. The molecule has 0 aliphatic heterocycles. The van der Waals surface area contributed by atoms with Crippen LogP contribution in [0.5, 0.6) is 17.2 Å². The Morgan fingerprint density at radius 3 is 2.36 bits per heavy atom. The summed E-state index contributed by atoms with van der Waals surface area (Å²) >= 11 is 6.20. The molecule has 2 aromatic rings. The summed E-state index contributed by atoms with van der Waals surface area (Å²) in [6, 6.07) is 11.8. The second kappa shape index (κ2) is 7.92. The largest absolute Gasteiger partial charge is 0.497 e. The molecule has 0 amide bonds. The summed E-state index contributed by atoms with van der Waals surface area (Å²) in [6.45, 7) is 1.42. The maximum atomic E-state index is 6.20. The fraction of sp³-hybridized carbons (Fsp3) is 0.294.